The average Bonchev–Trinajstić information content (AvgIpc) is 2.68. The molecule has 1 saturated heterocycles. The first-order valence-corrected chi connectivity index (χ1v) is 10.8. The van der Waals surface area contributed by atoms with E-state index in [0.717, 1.165) is 11.1 Å². The van der Waals surface area contributed by atoms with Crippen molar-refractivity contribution in [3.8, 4) is 5.75 Å². The minimum atomic E-state index is -3.67. The fourth-order valence-corrected chi connectivity index (χ4v) is 5.21. The number of aryl methyl sites for hydroxylation is 1. The van der Waals surface area contributed by atoms with Gasteiger partial charge in [0.25, 0.3) is 0 Å². The molecule has 6 nitrogen and oxygen atoms in total. The molecule has 1 fully saturated rings. The Morgan fingerprint density at radius 2 is 1.79 bits per heavy atom. The van der Waals surface area contributed by atoms with Crippen LogP contribution in [0.5, 0.6) is 5.75 Å². The molecule has 0 atom stereocenters. The maximum atomic E-state index is 12.8. The lowest BCUT2D eigenvalue weighted by atomic mass is 10.1. The van der Waals surface area contributed by atoms with Crippen molar-refractivity contribution in [3.63, 3.8) is 0 Å². The Morgan fingerprint density at radius 3 is 2.43 bits per heavy atom. The van der Waals surface area contributed by atoms with Crippen molar-refractivity contribution in [1.82, 2.24) is 9.21 Å². The second kappa shape index (κ2) is 8.51. The lowest BCUT2D eigenvalue weighted by Gasteiger charge is -2.34. The smallest absolute Gasteiger partial charge is 0.244 e. The molecule has 0 aromatic heterocycles. The summed E-state index contributed by atoms with van der Waals surface area (Å²) in [4.78, 5) is 14.5. The molecule has 1 amide bonds. The van der Waals surface area contributed by atoms with Crippen molar-refractivity contribution >= 4 is 27.5 Å². The fourth-order valence-electron chi connectivity index (χ4n) is 3.29. The summed E-state index contributed by atoms with van der Waals surface area (Å²) in [5.74, 6) is 0.637. The highest BCUT2D eigenvalue weighted by atomic mass is 35.5. The molecule has 3 rings (SSSR count). The highest BCUT2D eigenvalue weighted by molar-refractivity contribution is 7.89. The average molecular weight is 423 g/mol. The number of amides is 1. The molecule has 0 aliphatic carbocycles. The largest absolute Gasteiger partial charge is 0.496 e. The van der Waals surface area contributed by atoms with E-state index in [2.05, 4.69) is 0 Å². The Balaban J connectivity index is 1.66. The van der Waals surface area contributed by atoms with Crippen molar-refractivity contribution in [2.75, 3.05) is 33.3 Å². The molecule has 150 valence electrons. The number of ether oxygens (including phenoxy) is 1. The van der Waals surface area contributed by atoms with Crippen LogP contribution in [0.3, 0.4) is 0 Å². The molecule has 0 N–H and O–H groups in total. The number of carbonyl (C=O) groups is 1. The zero-order chi connectivity index (χ0) is 20.3. The normalized spacial score (nSPS) is 15.5. The second-order valence-electron chi connectivity index (χ2n) is 6.71. The molecule has 0 spiro atoms. The fraction of sp³-hybridized carbons (Fsp3) is 0.350. The quantitative estimate of drug-likeness (QED) is 0.743. The maximum absolute atomic E-state index is 12.8. The third-order valence-electron chi connectivity index (χ3n) is 4.82. The van der Waals surface area contributed by atoms with Gasteiger partial charge in [0, 0.05) is 31.7 Å². The van der Waals surface area contributed by atoms with Gasteiger partial charge >= 0.3 is 0 Å². The summed E-state index contributed by atoms with van der Waals surface area (Å²) >= 11 is 6.06. The first-order valence-electron chi connectivity index (χ1n) is 8.99. The number of carbonyl (C=O) groups excluding carboxylic acids is 1. The minimum absolute atomic E-state index is 0.0429. The number of hydrogen-bond donors (Lipinski definition) is 0. The van der Waals surface area contributed by atoms with Crippen LogP contribution in [0.15, 0.2) is 47.4 Å². The van der Waals surface area contributed by atoms with Crippen LogP contribution in [0.25, 0.3) is 0 Å². The standard InChI is InChI=1S/C20H23ClN2O4S/c1-15-7-8-18(27-2)16(13-15)14-20(24)22-9-11-23(12-10-22)28(25,26)19-6-4-3-5-17(19)21/h3-8,13H,9-12,14H2,1-2H3. The van der Waals surface area contributed by atoms with Gasteiger partial charge in [0.05, 0.1) is 18.6 Å². The predicted molar refractivity (Wildman–Crippen MR) is 108 cm³/mol. The third-order valence-corrected chi connectivity index (χ3v) is 7.22. The highest BCUT2D eigenvalue weighted by Crippen LogP contribution is 2.25. The van der Waals surface area contributed by atoms with Crippen molar-refractivity contribution < 1.29 is 17.9 Å². The van der Waals surface area contributed by atoms with E-state index in [1.807, 2.05) is 25.1 Å². The van der Waals surface area contributed by atoms with Crippen LogP contribution in [-0.2, 0) is 21.2 Å². The summed E-state index contributed by atoms with van der Waals surface area (Å²) in [6, 6.07) is 12.1. The van der Waals surface area contributed by atoms with Crippen LogP contribution in [0.2, 0.25) is 5.02 Å². The van der Waals surface area contributed by atoms with E-state index in [1.165, 1.54) is 10.4 Å². The van der Waals surface area contributed by atoms with E-state index in [9.17, 15) is 13.2 Å². The van der Waals surface area contributed by atoms with Crippen LogP contribution < -0.4 is 4.74 Å². The molecule has 8 heteroatoms. The molecule has 0 unspecified atom stereocenters. The van der Waals surface area contributed by atoms with Gasteiger partial charge in [0.15, 0.2) is 0 Å². The number of hydrogen-bond acceptors (Lipinski definition) is 4. The first kappa shape index (κ1) is 20.6. The van der Waals surface area contributed by atoms with Gasteiger partial charge < -0.3 is 9.64 Å². The molecule has 1 heterocycles. The Kier molecular flexibility index (Phi) is 6.27. The molecular formula is C20H23ClN2O4S. The zero-order valence-electron chi connectivity index (χ0n) is 15.9. The molecule has 0 radical (unpaired) electrons. The number of rotatable bonds is 5. The van der Waals surface area contributed by atoms with Crippen LogP contribution in [0, 0.1) is 6.92 Å². The van der Waals surface area contributed by atoms with E-state index in [4.69, 9.17) is 16.3 Å². The van der Waals surface area contributed by atoms with Gasteiger partial charge in [-0.15, -0.1) is 0 Å². The zero-order valence-corrected chi connectivity index (χ0v) is 17.5. The highest BCUT2D eigenvalue weighted by Gasteiger charge is 2.31. The van der Waals surface area contributed by atoms with Gasteiger partial charge in [0.2, 0.25) is 15.9 Å². The number of halogens is 1. The monoisotopic (exact) mass is 422 g/mol. The lowest BCUT2D eigenvalue weighted by Crippen LogP contribution is -2.50. The summed E-state index contributed by atoms with van der Waals surface area (Å²) in [5, 5.41) is 0.201. The summed E-state index contributed by atoms with van der Waals surface area (Å²) < 4.78 is 32.4. The number of benzene rings is 2. The van der Waals surface area contributed by atoms with Crippen LogP contribution >= 0.6 is 11.6 Å². The van der Waals surface area contributed by atoms with E-state index >= 15 is 0 Å². The van der Waals surface area contributed by atoms with Crippen LogP contribution in [0.4, 0.5) is 0 Å². The van der Waals surface area contributed by atoms with E-state index in [1.54, 1.807) is 30.2 Å². The molecule has 28 heavy (non-hydrogen) atoms. The summed E-state index contributed by atoms with van der Waals surface area (Å²) in [7, 11) is -2.09. The molecule has 0 bridgehead atoms. The Labute approximate surface area is 170 Å². The summed E-state index contributed by atoms with van der Waals surface area (Å²) in [5.41, 5.74) is 1.89. The lowest BCUT2D eigenvalue weighted by molar-refractivity contribution is -0.131. The number of nitrogens with zero attached hydrogens (tertiary/aromatic N) is 2. The summed E-state index contributed by atoms with van der Waals surface area (Å²) in [6.45, 7) is 3.13. The topological polar surface area (TPSA) is 66.9 Å². The molecular weight excluding hydrogens is 400 g/mol. The summed E-state index contributed by atoms with van der Waals surface area (Å²) in [6.07, 6.45) is 0.224. The molecule has 2 aromatic carbocycles. The van der Waals surface area contributed by atoms with Crippen molar-refractivity contribution in [2.24, 2.45) is 0 Å². The molecule has 1 aliphatic heterocycles. The number of methoxy groups -OCH3 is 1. The molecule has 0 saturated carbocycles. The molecule has 2 aromatic rings. The number of sulfonamides is 1. The van der Waals surface area contributed by atoms with Crippen LogP contribution in [-0.4, -0.2) is 56.8 Å². The third kappa shape index (κ3) is 4.32. The number of piperazine rings is 1. The van der Waals surface area contributed by atoms with Gasteiger partial charge in [-0.25, -0.2) is 8.42 Å². The maximum Gasteiger partial charge on any atom is 0.244 e. The van der Waals surface area contributed by atoms with Crippen LogP contribution in [0.1, 0.15) is 11.1 Å². The van der Waals surface area contributed by atoms with E-state index in [0.29, 0.717) is 18.8 Å². The van der Waals surface area contributed by atoms with Crippen molar-refractivity contribution in [2.45, 2.75) is 18.2 Å². The molecule has 1 aliphatic rings. The van der Waals surface area contributed by atoms with Gasteiger partial charge in [-0.2, -0.15) is 4.31 Å². The van der Waals surface area contributed by atoms with Gasteiger partial charge in [-0.1, -0.05) is 41.4 Å². The van der Waals surface area contributed by atoms with E-state index in [-0.39, 0.29) is 35.3 Å². The van der Waals surface area contributed by atoms with Crippen molar-refractivity contribution in [3.05, 3.63) is 58.6 Å². The Hall–Kier alpha value is -2.09. The minimum Gasteiger partial charge on any atom is -0.496 e. The van der Waals surface area contributed by atoms with Gasteiger partial charge in [-0.05, 0) is 25.1 Å². The van der Waals surface area contributed by atoms with Gasteiger partial charge in [-0.3, -0.25) is 4.79 Å². The predicted octanol–water partition coefficient (Wildman–Crippen LogP) is 2.73. The SMILES string of the molecule is COc1ccc(C)cc1CC(=O)N1CCN(S(=O)(=O)c2ccccc2Cl)CC1. The van der Waals surface area contributed by atoms with E-state index < -0.39 is 10.0 Å². The Bertz CT molecular complexity index is 970. The Morgan fingerprint density at radius 1 is 1.11 bits per heavy atom. The van der Waals surface area contributed by atoms with Crippen molar-refractivity contribution in [1.29, 1.82) is 0 Å². The first-order chi connectivity index (χ1) is 13.3. The second-order valence-corrected chi connectivity index (χ2v) is 9.02. The van der Waals surface area contributed by atoms with Gasteiger partial charge in [0.1, 0.15) is 10.6 Å².